The largest absolute Gasteiger partial charge is 0.481 e. The minimum absolute atomic E-state index is 0.0701. The zero-order chi connectivity index (χ0) is 19.8. The summed E-state index contributed by atoms with van der Waals surface area (Å²) in [7, 11) is -3.13. The van der Waals surface area contributed by atoms with Crippen LogP contribution >= 0.6 is 0 Å². The van der Waals surface area contributed by atoms with Gasteiger partial charge in [-0.25, -0.2) is 8.42 Å². The molecule has 0 aromatic heterocycles. The number of aliphatic hydroxyl groups excluding tert-OH is 1. The number of hydrogen-bond donors (Lipinski definition) is 2. The molecule has 5 aliphatic carbocycles. The average Bonchev–Trinajstić information content (AvgIpc) is 2.56. The molecule has 0 radical (unpaired) electrons. The second-order valence-electron chi connectivity index (χ2n) is 10.7. The molecule has 1 spiro atoms. The normalized spacial score (nSPS) is 52.1. The molecule has 154 valence electrons. The van der Waals surface area contributed by atoms with Crippen LogP contribution in [-0.2, 0) is 14.6 Å². The lowest BCUT2D eigenvalue weighted by molar-refractivity contribution is -0.241. The third-order valence-corrected chi connectivity index (χ3v) is 10.5. The van der Waals surface area contributed by atoms with Gasteiger partial charge < -0.3 is 10.2 Å². The van der Waals surface area contributed by atoms with E-state index in [1.807, 2.05) is 6.92 Å². The average molecular weight is 399 g/mol. The van der Waals surface area contributed by atoms with Gasteiger partial charge in [0.25, 0.3) is 0 Å². The van der Waals surface area contributed by atoms with Crippen LogP contribution in [0.4, 0.5) is 0 Å². The van der Waals surface area contributed by atoms with E-state index in [0.717, 1.165) is 51.4 Å². The van der Waals surface area contributed by atoms with E-state index in [1.165, 1.54) is 6.26 Å². The Morgan fingerprint density at radius 2 is 1.74 bits per heavy atom. The molecule has 8 atom stereocenters. The first-order chi connectivity index (χ1) is 12.4. The van der Waals surface area contributed by atoms with E-state index in [2.05, 4.69) is 6.92 Å². The summed E-state index contributed by atoms with van der Waals surface area (Å²) in [5.41, 5.74) is -0.964. The van der Waals surface area contributed by atoms with Gasteiger partial charge in [-0.15, -0.1) is 0 Å². The summed E-state index contributed by atoms with van der Waals surface area (Å²) in [6.07, 6.45) is 8.01. The van der Waals surface area contributed by atoms with Crippen molar-refractivity contribution in [2.75, 3.05) is 12.0 Å². The van der Waals surface area contributed by atoms with E-state index in [-0.39, 0.29) is 34.3 Å². The Kier molecular flexibility index (Phi) is 4.33. The van der Waals surface area contributed by atoms with Gasteiger partial charge >= 0.3 is 5.97 Å². The lowest BCUT2D eigenvalue weighted by Crippen LogP contribution is -2.67. The lowest BCUT2D eigenvalue weighted by Gasteiger charge is -2.69. The van der Waals surface area contributed by atoms with Crippen molar-refractivity contribution in [1.29, 1.82) is 0 Å². The smallest absolute Gasteiger partial charge is 0.309 e. The van der Waals surface area contributed by atoms with Gasteiger partial charge in [0.05, 0.1) is 17.3 Å². The first-order valence-corrected chi connectivity index (χ1v) is 12.6. The van der Waals surface area contributed by atoms with Crippen molar-refractivity contribution in [2.24, 2.45) is 39.9 Å². The molecule has 0 aromatic rings. The van der Waals surface area contributed by atoms with Crippen molar-refractivity contribution >= 4 is 15.8 Å². The summed E-state index contributed by atoms with van der Waals surface area (Å²) in [4.78, 5) is 12.1. The number of carbonyl (C=O) groups is 1. The van der Waals surface area contributed by atoms with Crippen molar-refractivity contribution < 1.29 is 23.4 Å². The highest BCUT2D eigenvalue weighted by Gasteiger charge is 2.68. The first kappa shape index (κ1) is 19.7. The van der Waals surface area contributed by atoms with Crippen molar-refractivity contribution in [3.8, 4) is 0 Å². The molecule has 2 N–H and O–H groups in total. The van der Waals surface area contributed by atoms with E-state index in [4.69, 9.17) is 0 Å². The van der Waals surface area contributed by atoms with Crippen LogP contribution in [0.25, 0.3) is 0 Å². The van der Waals surface area contributed by atoms with Gasteiger partial charge in [0.1, 0.15) is 9.84 Å². The van der Waals surface area contributed by atoms with Crippen molar-refractivity contribution in [2.45, 2.75) is 71.3 Å². The van der Waals surface area contributed by atoms with Crippen molar-refractivity contribution in [3.63, 3.8) is 0 Å². The fourth-order valence-electron chi connectivity index (χ4n) is 8.31. The maximum Gasteiger partial charge on any atom is 0.309 e. The van der Waals surface area contributed by atoms with Crippen LogP contribution in [0.3, 0.4) is 0 Å². The summed E-state index contributed by atoms with van der Waals surface area (Å²) in [6, 6.07) is 0. The van der Waals surface area contributed by atoms with Crippen LogP contribution in [0.2, 0.25) is 0 Å². The van der Waals surface area contributed by atoms with Crippen LogP contribution in [0.5, 0.6) is 0 Å². The number of carboxylic acids is 1. The highest BCUT2D eigenvalue weighted by Crippen LogP contribution is 2.72. The summed E-state index contributed by atoms with van der Waals surface area (Å²) >= 11 is 0. The monoisotopic (exact) mass is 398 g/mol. The molecule has 0 aromatic carbocycles. The SMILES string of the molecule is C[C@@]12CCC[C@@](C)(C(=O)O)[C@H]1CC[C@@]13CC[C@H](C[C@@H]21)[C@H](CS(C)(=O)=O)[C@H]3O. The maximum atomic E-state index is 12.1. The molecule has 5 fully saturated rings. The second-order valence-corrected chi connectivity index (χ2v) is 12.9. The molecule has 2 bridgehead atoms. The number of fused-ring (bicyclic) bond motifs is 3. The highest BCUT2D eigenvalue weighted by atomic mass is 32.2. The predicted octanol–water partition coefficient (Wildman–Crippen LogP) is 3.12. The lowest BCUT2D eigenvalue weighted by atomic mass is 9.35. The summed E-state index contributed by atoms with van der Waals surface area (Å²) < 4.78 is 23.9. The Morgan fingerprint density at radius 1 is 1.07 bits per heavy atom. The minimum Gasteiger partial charge on any atom is -0.481 e. The summed E-state index contributed by atoms with van der Waals surface area (Å²) in [6.45, 7) is 4.21. The molecule has 0 saturated heterocycles. The molecule has 27 heavy (non-hydrogen) atoms. The van der Waals surface area contributed by atoms with Gasteiger partial charge in [0.15, 0.2) is 0 Å². The van der Waals surface area contributed by atoms with Gasteiger partial charge in [-0.2, -0.15) is 0 Å². The van der Waals surface area contributed by atoms with Gasteiger partial charge in [-0.1, -0.05) is 13.3 Å². The van der Waals surface area contributed by atoms with Crippen LogP contribution in [0, 0.1) is 39.9 Å². The molecule has 5 rings (SSSR count). The number of aliphatic hydroxyl groups is 1. The summed E-state index contributed by atoms with van der Waals surface area (Å²) in [5.74, 6) is -0.0417. The molecule has 5 saturated carbocycles. The fraction of sp³-hybridized carbons (Fsp3) is 0.952. The van der Waals surface area contributed by atoms with Crippen molar-refractivity contribution in [3.05, 3.63) is 0 Å². The van der Waals surface area contributed by atoms with E-state index in [1.54, 1.807) is 0 Å². The Morgan fingerprint density at radius 3 is 2.37 bits per heavy atom. The van der Waals surface area contributed by atoms with E-state index < -0.39 is 27.3 Å². The molecule has 0 aliphatic heterocycles. The molecular weight excluding hydrogens is 364 g/mol. The fourth-order valence-corrected chi connectivity index (χ4v) is 9.46. The molecule has 5 aliphatic rings. The molecule has 0 heterocycles. The number of aliphatic carboxylic acids is 1. The van der Waals surface area contributed by atoms with Gasteiger partial charge in [-0.05, 0) is 80.5 Å². The summed E-state index contributed by atoms with van der Waals surface area (Å²) in [5, 5.41) is 21.4. The number of rotatable bonds is 3. The van der Waals surface area contributed by atoms with Gasteiger partial charge in [0.2, 0.25) is 0 Å². The Hall–Kier alpha value is -0.620. The van der Waals surface area contributed by atoms with Crippen LogP contribution < -0.4 is 0 Å². The molecular formula is C21H34O5S. The molecule has 0 amide bonds. The molecule has 6 heteroatoms. The first-order valence-electron chi connectivity index (χ1n) is 10.5. The predicted molar refractivity (Wildman–Crippen MR) is 103 cm³/mol. The molecule has 0 unspecified atom stereocenters. The second kappa shape index (κ2) is 5.94. The number of sulfone groups is 1. The van der Waals surface area contributed by atoms with E-state index in [9.17, 15) is 23.4 Å². The van der Waals surface area contributed by atoms with Gasteiger partial charge in [0, 0.05) is 12.2 Å². The van der Waals surface area contributed by atoms with Crippen LogP contribution in [0.15, 0.2) is 0 Å². The number of hydrogen-bond acceptors (Lipinski definition) is 4. The van der Waals surface area contributed by atoms with E-state index >= 15 is 0 Å². The Bertz CT molecular complexity index is 748. The number of carboxylic acid groups (broad SMARTS) is 1. The standard InChI is InChI=1S/C21H34O5S/c1-19-7-4-8-20(2,18(23)24)15(19)6-10-21-9-5-13(11-16(19)21)14(17(21)22)12-27(3,25)26/h13-17,22H,4-12H2,1-3H3,(H,23,24)/t13-,14+,15+,16+,17-,19-,20-,21+/m1/s1. The maximum absolute atomic E-state index is 12.1. The zero-order valence-corrected chi connectivity index (χ0v) is 17.6. The quantitative estimate of drug-likeness (QED) is 0.762. The van der Waals surface area contributed by atoms with Crippen LogP contribution in [0.1, 0.15) is 65.2 Å². The van der Waals surface area contributed by atoms with Crippen LogP contribution in [-0.4, -0.2) is 42.7 Å². The Balaban J connectivity index is 1.71. The van der Waals surface area contributed by atoms with E-state index in [0.29, 0.717) is 5.92 Å². The highest BCUT2D eigenvalue weighted by molar-refractivity contribution is 7.90. The third kappa shape index (κ3) is 2.65. The van der Waals surface area contributed by atoms with Gasteiger partial charge in [-0.3, -0.25) is 4.79 Å². The Labute approximate surface area is 162 Å². The topological polar surface area (TPSA) is 91.7 Å². The third-order valence-electron chi connectivity index (χ3n) is 9.47. The zero-order valence-electron chi connectivity index (χ0n) is 16.8. The minimum atomic E-state index is -3.13. The van der Waals surface area contributed by atoms with Crippen molar-refractivity contribution in [1.82, 2.24) is 0 Å². The molecule has 5 nitrogen and oxygen atoms in total.